The van der Waals surface area contributed by atoms with Gasteiger partial charge in [-0.1, -0.05) is 72.8 Å². The lowest BCUT2D eigenvalue weighted by Gasteiger charge is -2.10. The van der Waals surface area contributed by atoms with Crippen LogP contribution in [-0.4, -0.2) is 4.57 Å². The van der Waals surface area contributed by atoms with E-state index in [4.69, 9.17) is 8.83 Å². The summed E-state index contributed by atoms with van der Waals surface area (Å²) < 4.78 is 14.7. The second-order valence-corrected chi connectivity index (χ2v) is 10.2. The molecule has 0 atom stereocenters. The van der Waals surface area contributed by atoms with Crippen molar-refractivity contribution in [3.05, 3.63) is 127 Å². The molecule has 0 amide bonds. The van der Waals surface area contributed by atoms with E-state index in [0.29, 0.717) is 0 Å². The Balaban J connectivity index is 1.25. The van der Waals surface area contributed by atoms with Crippen molar-refractivity contribution in [3.8, 4) is 16.8 Å². The molecule has 0 aliphatic heterocycles. The van der Waals surface area contributed by atoms with Gasteiger partial charge in [0.15, 0.2) is 0 Å². The Labute approximate surface area is 223 Å². The Bertz CT molecular complexity index is 2350. The number of nitrogens with zero attached hydrogens (tertiary/aromatic N) is 1. The van der Waals surface area contributed by atoms with Crippen molar-refractivity contribution in [2.24, 2.45) is 0 Å². The van der Waals surface area contributed by atoms with E-state index in [1.54, 1.807) is 0 Å². The van der Waals surface area contributed by atoms with Gasteiger partial charge in [0.2, 0.25) is 0 Å². The first-order chi connectivity index (χ1) is 19.3. The van der Waals surface area contributed by atoms with E-state index in [-0.39, 0.29) is 0 Å². The Morgan fingerprint density at radius 3 is 1.72 bits per heavy atom. The molecule has 0 N–H and O–H groups in total. The van der Waals surface area contributed by atoms with Gasteiger partial charge in [0.25, 0.3) is 0 Å². The Morgan fingerprint density at radius 1 is 0.359 bits per heavy atom. The van der Waals surface area contributed by atoms with E-state index in [9.17, 15) is 0 Å². The summed E-state index contributed by atoms with van der Waals surface area (Å²) in [5.41, 5.74) is 9.36. The Kier molecular flexibility index (Phi) is 4.05. The van der Waals surface area contributed by atoms with Crippen LogP contribution in [0.5, 0.6) is 0 Å². The number of hydrogen-bond acceptors (Lipinski definition) is 2. The van der Waals surface area contributed by atoms with Crippen LogP contribution < -0.4 is 0 Å². The number of fused-ring (bicyclic) bond motifs is 9. The molecule has 0 spiro atoms. The molecule has 3 nitrogen and oxygen atoms in total. The van der Waals surface area contributed by atoms with E-state index < -0.39 is 0 Å². The molecule has 3 heteroatoms. The molecular formula is C36H21NO2. The van der Waals surface area contributed by atoms with Crippen molar-refractivity contribution in [2.45, 2.75) is 0 Å². The Hall–Kier alpha value is -5.28. The Morgan fingerprint density at radius 2 is 0.949 bits per heavy atom. The highest BCUT2D eigenvalue weighted by atomic mass is 16.3. The first-order valence-corrected chi connectivity index (χ1v) is 13.2. The molecule has 182 valence electrons. The highest BCUT2D eigenvalue weighted by molar-refractivity contribution is 6.15. The fraction of sp³-hybridized carbons (Fsp3) is 0. The molecule has 0 radical (unpaired) electrons. The second-order valence-electron chi connectivity index (χ2n) is 10.2. The predicted octanol–water partition coefficient (Wildman–Crippen LogP) is 10.2. The molecule has 0 fully saturated rings. The molecule has 0 bridgehead atoms. The molecule has 0 saturated carbocycles. The molecule has 9 aromatic rings. The summed E-state index contributed by atoms with van der Waals surface area (Å²) in [6, 6.07) is 44.9. The zero-order valence-corrected chi connectivity index (χ0v) is 20.9. The molecule has 3 heterocycles. The number of benzene rings is 6. The van der Waals surface area contributed by atoms with Crippen molar-refractivity contribution in [1.29, 1.82) is 0 Å². The number of furan rings is 2. The second kappa shape index (κ2) is 7.62. The van der Waals surface area contributed by atoms with Gasteiger partial charge in [0.1, 0.15) is 22.3 Å². The lowest BCUT2D eigenvalue weighted by atomic mass is 10.0. The number of para-hydroxylation sites is 3. The predicted molar refractivity (Wildman–Crippen MR) is 161 cm³/mol. The van der Waals surface area contributed by atoms with Crippen LogP contribution in [0.3, 0.4) is 0 Å². The fourth-order valence-electron chi connectivity index (χ4n) is 6.20. The molecule has 39 heavy (non-hydrogen) atoms. The van der Waals surface area contributed by atoms with Gasteiger partial charge in [-0.2, -0.15) is 0 Å². The minimum atomic E-state index is 0.840. The summed E-state index contributed by atoms with van der Waals surface area (Å²) in [7, 11) is 0. The molecular weight excluding hydrogens is 478 g/mol. The molecule has 6 aromatic carbocycles. The minimum absolute atomic E-state index is 0.840. The average Bonchev–Trinajstić information content (AvgIpc) is 3.64. The third-order valence-corrected chi connectivity index (χ3v) is 7.99. The van der Waals surface area contributed by atoms with Crippen molar-refractivity contribution >= 4 is 65.7 Å². The third-order valence-electron chi connectivity index (χ3n) is 7.99. The molecule has 0 saturated heterocycles. The lowest BCUT2D eigenvalue weighted by molar-refractivity contribution is 0.656. The highest BCUT2D eigenvalue weighted by Crippen LogP contribution is 2.39. The largest absolute Gasteiger partial charge is 0.456 e. The van der Waals surface area contributed by atoms with Crippen LogP contribution in [-0.2, 0) is 0 Å². The maximum absolute atomic E-state index is 6.26. The first kappa shape index (κ1) is 20.7. The minimum Gasteiger partial charge on any atom is -0.456 e. The quantitative estimate of drug-likeness (QED) is 0.237. The van der Waals surface area contributed by atoms with Crippen molar-refractivity contribution < 1.29 is 8.83 Å². The normalized spacial score (nSPS) is 12.1. The van der Waals surface area contributed by atoms with Crippen molar-refractivity contribution in [1.82, 2.24) is 4.57 Å². The zero-order valence-electron chi connectivity index (χ0n) is 20.9. The van der Waals surface area contributed by atoms with Gasteiger partial charge in [-0.3, -0.25) is 0 Å². The van der Waals surface area contributed by atoms with Crippen molar-refractivity contribution in [2.75, 3.05) is 0 Å². The molecule has 9 rings (SSSR count). The lowest BCUT2D eigenvalue weighted by Crippen LogP contribution is -1.94. The summed E-state index contributed by atoms with van der Waals surface area (Å²) in [5, 5.41) is 6.98. The average molecular weight is 500 g/mol. The van der Waals surface area contributed by atoms with Gasteiger partial charge in [-0.25, -0.2) is 0 Å². The summed E-state index contributed by atoms with van der Waals surface area (Å²) in [6.07, 6.45) is 0. The van der Waals surface area contributed by atoms with Crippen LogP contribution in [0, 0.1) is 0 Å². The molecule has 0 unspecified atom stereocenters. The highest BCUT2D eigenvalue weighted by Gasteiger charge is 2.15. The number of rotatable bonds is 2. The van der Waals surface area contributed by atoms with Crippen LogP contribution in [0.15, 0.2) is 136 Å². The maximum atomic E-state index is 6.26. The fourth-order valence-corrected chi connectivity index (χ4v) is 6.20. The summed E-state index contributed by atoms with van der Waals surface area (Å²) in [5.74, 6) is 0. The maximum Gasteiger partial charge on any atom is 0.139 e. The number of hydrogen-bond donors (Lipinski definition) is 0. The van der Waals surface area contributed by atoms with E-state index >= 15 is 0 Å². The van der Waals surface area contributed by atoms with Gasteiger partial charge in [0.05, 0.1) is 11.0 Å². The first-order valence-electron chi connectivity index (χ1n) is 13.2. The monoisotopic (exact) mass is 499 g/mol. The topological polar surface area (TPSA) is 31.2 Å². The molecule has 0 aliphatic carbocycles. The standard InChI is InChI=1S/C36H21NO2/c1-4-13-31-25(10-1)26-11-2-5-14-32(26)37(31)24-9-7-8-22(18-24)23-16-17-34-28(19-23)30-20-29-27-12-3-6-15-33(27)38-35(29)21-36(30)39-34/h1-21H. The summed E-state index contributed by atoms with van der Waals surface area (Å²) >= 11 is 0. The van der Waals surface area contributed by atoms with Gasteiger partial charge >= 0.3 is 0 Å². The van der Waals surface area contributed by atoms with Crippen LogP contribution in [0.25, 0.3) is 82.5 Å². The third kappa shape index (κ3) is 2.93. The van der Waals surface area contributed by atoms with Crippen LogP contribution in [0.1, 0.15) is 0 Å². The van der Waals surface area contributed by atoms with Gasteiger partial charge in [-0.15, -0.1) is 0 Å². The van der Waals surface area contributed by atoms with Gasteiger partial charge in [0, 0.05) is 44.1 Å². The summed E-state index contributed by atoms with van der Waals surface area (Å²) in [6.45, 7) is 0. The smallest absolute Gasteiger partial charge is 0.139 e. The molecule has 0 aliphatic rings. The zero-order chi connectivity index (χ0) is 25.5. The summed E-state index contributed by atoms with van der Waals surface area (Å²) in [4.78, 5) is 0. The van der Waals surface area contributed by atoms with E-state index in [1.807, 2.05) is 18.2 Å². The van der Waals surface area contributed by atoms with Crippen LogP contribution >= 0.6 is 0 Å². The van der Waals surface area contributed by atoms with Crippen molar-refractivity contribution in [3.63, 3.8) is 0 Å². The van der Waals surface area contributed by atoms with Crippen LogP contribution in [0.2, 0.25) is 0 Å². The van der Waals surface area contributed by atoms with E-state index in [2.05, 4.69) is 114 Å². The number of aromatic nitrogens is 1. The van der Waals surface area contributed by atoms with Crippen LogP contribution in [0.4, 0.5) is 0 Å². The van der Waals surface area contributed by atoms with E-state index in [0.717, 1.165) is 55.1 Å². The van der Waals surface area contributed by atoms with Gasteiger partial charge < -0.3 is 13.4 Å². The SMILES string of the molecule is c1cc(-c2ccc3oc4cc5oc6ccccc6c5cc4c3c2)cc(-n2c3ccccc3c3ccccc32)c1. The van der Waals surface area contributed by atoms with E-state index in [1.165, 1.54) is 27.4 Å². The van der Waals surface area contributed by atoms with Gasteiger partial charge in [-0.05, 0) is 59.7 Å². The molecule has 3 aromatic heterocycles.